The van der Waals surface area contributed by atoms with Crippen molar-refractivity contribution in [2.45, 2.75) is 18.6 Å². The molecule has 0 heterocycles. The SMILES string of the molecule is NC(COCC(F)(F)F)Cc1cc(Cl)ccc1F. The van der Waals surface area contributed by atoms with Gasteiger partial charge in [0.05, 0.1) is 6.61 Å². The molecule has 1 unspecified atom stereocenters. The van der Waals surface area contributed by atoms with Crippen LogP contribution in [0.1, 0.15) is 5.56 Å². The zero-order valence-corrected chi connectivity index (χ0v) is 10.1. The minimum absolute atomic E-state index is 0.0598. The first-order valence-electron chi connectivity index (χ1n) is 5.12. The highest BCUT2D eigenvalue weighted by molar-refractivity contribution is 6.30. The highest BCUT2D eigenvalue weighted by Gasteiger charge is 2.27. The molecule has 1 atom stereocenters. The first kappa shape index (κ1) is 15.2. The Labute approximate surface area is 107 Å². The Balaban J connectivity index is 2.44. The summed E-state index contributed by atoms with van der Waals surface area (Å²) in [5.41, 5.74) is 5.81. The van der Waals surface area contributed by atoms with Gasteiger partial charge >= 0.3 is 6.18 Å². The van der Waals surface area contributed by atoms with Crippen molar-refractivity contribution in [3.63, 3.8) is 0 Å². The highest BCUT2D eigenvalue weighted by Crippen LogP contribution is 2.17. The van der Waals surface area contributed by atoms with E-state index in [9.17, 15) is 17.6 Å². The molecule has 18 heavy (non-hydrogen) atoms. The van der Waals surface area contributed by atoms with Crippen LogP contribution in [0.4, 0.5) is 17.6 Å². The molecular weight excluding hydrogens is 274 g/mol. The van der Waals surface area contributed by atoms with E-state index in [-0.39, 0.29) is 18.6 Å². The number of nitrogens with two attached hydrogens (primary N) is 1. The van der Waals surface area contributed by atoms with Gasteiger partial charge in [0.15, 0.2) is 0 Å². The molecule has 2 nitrogen and oxygen atoms in total. The number of benzene rings is 1. The van der Waals surface area contributed by atoms with E-state index in [1.807, 2.05) is 0 Å². The standard InChI is InChI=1S/C11H12ClF4NO/c12-8-1-2-10(13)7(3-8)4-9(17)5-18-6-11(14,15)16/h1-3,9H,4-6,17H2. The minimum Gasteiger partial charge on any atom is -0.370 e. The summed E-state index contributed by atoms with van der Waals surface area (Å²) in [7, 11) is 0. The third-order valence-corrected chi connectivity index (χ3v) is 2.32. The maximum atomic E-state index is 13.3. The first-order valence-corrected chi connectivity index (χ1v) is 5.50. The Morgan fingerprint density at radius 1 is 1.33 bits per heavy atom. The molecule has 1 aromatic carbocycles. The molecule has 0 radical (unpaired) electrons. The lowest BCUT2D eigenvalue weighted by Gasteiger charge is -2.14. The lowest BCUT2D eigenvalue weighted by Crippen LogP contribution is -2.31. The Kier molecular flexibility index (Phi) is 5.37. The van der Waals surface area contributed by atoms with E-state index in [2.05, 4.69) is 4.74 Å². The number of alkyl halides is 3. The minimum atomic E-state index is -4.39. The quantitative estimate of drug-likeness (QED) is 0.844. The fourth-order valence-corrected chi connectivity index (χ4v) is 1.56. The predicted molar refractivity (Wildman–Crippen MR) is 60.0 cm³/mol. The highest BCUT2D eigenvalue weighted by atomic mass is 35.5. The van der Waals surface area contributed by atoms with Crippen LogP contribution < -0.4 is 5.73 Å². The molecule has 0 fully saturated rings. The van der Waals surface area contributed by atoms with Crippen molar-refractivity contribution in [2.24, 2.45) is 5.73 Å². The Morgan fingerprint density at radius 2 is 2.00 bits per heavy atom. The maximum Gasteiger partial charge on any atom is 0.411 e. The summed E-state index contributed by atoms with van der Waals surface area (Å²) in [4.78, 5) is 0. The first-order chi connectivity index (χ1) is 8.28. The van der Waals surface area contributed by atoms with Gasteiger partial charge in [-0.05, 0) is 30.2 Å². The molecular formula is C11H12ClF4NO. The Bertz CT molecular complexity index is 397. The van der Waals surface area contributed by atoms with Crippen molar-refractivity contribution in [2.75, 3.05) is 13.2 Å². The van der Waals surface area contributed by atoms with Crippen LogP contribution in [-0.2, 0) is 11.2 Å². The second kappa shape index (κ2) is 6.36. The Hall–Kier alpha value is -0.850. The summed E-state index contributed by atoms with van der Waals surface area (Å²) in [5, 5.41) is 0.342. The van der Waals surface area contributed by atoms with Gasteiger partial charge < -0.3 is 10.5 Å². The van der Waals surface area contributed by atoms with E-state index in [1.54, 1.807) is 0 Å². The summed E-state index contributed by atoms with van der Waals surface area (Å²) < 4.78 is 53.1. The molecule has 0 aromatic heterocycles. The Morgan fingerprint density at radius 3 is 2.61 bits per heavy atom. The van der Waals surface area contributed by atoms with Crippen molar-refractivity contribution in [3.8, 4) is 0 Å². The van der Waals surface area contributed by atoms with Crippen LogP contribution in [0.5, 0.6) is 0 Å². The molecule has 0 saturated heterocycles. The predicted octanol–water partition coefficient (Wildman–Crippen LogP) is 2.93. The van der Waals surface area contributed by atoms with E-state index in [0.717, 1.165) is 0 Å². The average Bonchev–Trinajstić information content (AvgIpc) is 2.21. The number of ether oxygens (including phenoxy) is 1. The van der Waals surface area contributed by atoms with Gasteiger partial charge in [-0.2, -0.15) is 13.2 Å². The number of rotatable bonds is 5. The lowest BCUT2D eigenvalue weighted by molar-refractivity contribution is -0.174. The van der Waals surface area contributed by atoms with Crippen molar-refractivity contribution < 1.29 is 22.3 Å². The molecule has 0 aliphatic heterocycles. The summed E-state index contributed by atoms with van der Waals surface area (Å²) in [6.45, 7) is -1.66. The van der Waals surface area contributed by atoms with Crippen LogP contribution in [0.15, 0.2) is 18.2 Å². The molecule has 0 saturated carbocycles. The normalized spacial score (nSPS) is 13.7. The third-order valence-electron chi connectivity index (χ3n) is 2.09. The van der Waals surface area contributed by atoms with Crippen LogP contribution >= 0.6 is 11.6 Å². The van der Waals surface area contributed by atoms with Gasteiger partial charge in [0, 0.05) is 11.1 Å². The molecule has 0 amide bonds. The van der Waals surface area contributed by atoms with Crippen molar-refractivity contribution in [3.05, 3.63) is 34.6 Å². The fourth-order valence-electron chi connectivity index (χ4n) is 1.37. The van der Waals surface area contributed by atoms with Gasteiger partial charge in [0.25, 0.3) is 0 Å². The van der Waals surface area contributed by atoms with Gasteiger partial charge in [-0.3, -0.25) is 0 Å². The second-order valence-electron chi connectivity index (χ2n) is 3.83. The van der Waals surface area contributed by atoms with Crippen LogP contribution in [-0.4, -0.2) is 25.4 Å². The molecule has 1 aromatic rings. The molecule has 0 aliphatic rings. The summed E-state index contributed by atoms with van der Waals surface area (Å²) >= 11 is 5.68. The zero-order chi connectivity index (χ0) is 13.8. The maximum absolute atomic E-state index is 13.3. The molecule has 1 rings (SSSR count). The summed E-state index contributed by atoms with van der Waals surface area (Å²) in [6.07, 6.45) is -4.33. The summed E-state index contributed by atoms with van der Waals surface area (Å²) in [5.74, 6) is -0.495. The molecule has 0 bridgehead atoms. The molecule has 7 heteroatoms. The fraction of sp³-hybridized carbons (Fsp3) is 0.455. The number of hydrogen-bond acceptors (Lipinski definition) is 2. The summed E-state index contributed by atoms with van der Waals surface area (Å²) in [6, 6.07) is 3.23. The molecule has 2 N–H and O–H groups in total. The molecule has 0 spiro atoms. The number of hydrogen-bond donors (Lipinski definition) is 1. The van der Waals surface area contributed by atoms with Crippen LogP contribution in [0.3, 0.4) is 0 Å². The van der Waals surface area contributed by atoms with Gasteiger partial charge in [-0.25, -0.2) is 4.39 Å². The average molecular weight is 286 g/mol. The largest absolute Gasteiger partial charge is 0.411 e. The smallest absolute Gasteiger partial charge is 0.370 e. The third kappa shape index (κ3) is 5.66. The van der Waals surface area contributed by atoms with Crippen molar-refractivity contribution in [1.82, 2.24) is 0 Å². The monoisotopic (exact) mass is 285 g/mol. The van der Waals surface area contributed by atoms with Crippen LogP contribution in [0.2, 0.25) is 5.02 Å². The zero-order valence-electron chi connectivity index (χ0n) is 9.31. The van der Waals surface area contributed by atoms with Crippen LogP contribution in [0, 0.1) is 5.82 Å². The lowest BCUT2D eigenvalue weighted by atomic mass is 10.1. The van der Waals surface area contributed by atoms with Gasteiger partial charge in [-0.1, -0.05) is 11.6 Å². The van der Waals surface area contributed by atoms with Crippen molar-refractivity contribution in [1.29, 1.82) is 0 Å². The van der Waals surface area contributed by atoms with Gasteiger partial charge in [-0.15, -0.1) is 0 Å². The van der Waals surface area contributed by atoms with E-state index in [1.165, 1.54) is 18.2 Å². The van der Waals surface area contributed by atoms with Gasteiger partial charge in [0.2, 0.25) is 0 Å². The number of halogens is 5. The van der Waals surface area contributed by atoms with E-state index < -0.39 is 24.6 Å². The second-order valence-corrected chi connectivity index (χ2v) is 4.27. The van der Waals surface area contributed by atoms with E-state index in [0.29, 0.717) is 5.02 Å². The van der Waals surface area contributed by atoms with Gasteiger partial charge in [0.1, 0.15) is 12.4 Å². The molecule has 102 valence electrons. The van der Waals surface area contributed by atoms with E-state index in [4.69, 9.17) is 17.3 Å². The molecule has 0 aliphatic carbocycles. The van der Waals surface area contributed by atoms with Crippen molar-refractivity contribution >= 4 is 11.6 Å². The van der Waals surface area contributed by atoms with E-state index >= 15 is 0 Å². The van der Waals surface area contributed by atoms with Crippen LogP contribution in [0.25, 0.3) is 0 Å². The topological polar surface area (TPSA) is 35.2 Å².